The molecule has 0 saturated carbocycles. The zero-order valence-corrected chi connectivity index (χ0v) is 20.7. The van der Waals surface area contributed by atoms with E-state index in [1.54, 1.807) is 33.2 Å². The van der Waals surface area contributed by atoms with Crippen molar-refractivity contribution in [1.82, 2.24) is 24.0 Å². The molecule has 9 nitrogen and oxygen atoms in total. The third kappa shape index (κ3) is 4.37. The number of aliphatic hydroxyl groups is 1. The SMILES string of the molecule is Cc1c(C(=O)Cc2ccc(Oc3ncnn4ccc(C(C)O)c34)c(F)c2)c(=O)n(-c2ccc(F)cc2)n1C. The van der Waals surface area contributed by atoms with Crippen LogP contribution in [0, 0.1) is 18.6 Å². The number of aromatic nitrogens is 5. The van der Waals surface area contributed by atoms with Gasteiger partial charge in [-0.3, -0.25) is 14.3 Å². The van der Waals surface area contributed by atoms with Crippen LogP contribution in [0.3, 0.4) is 0 Å². The summed E-state index contributed by atoms with van der Waals surface area (Å²) >= 11 is 0. The number of ketones is 1. The molecule has 0 bridgehead atoms. The van der Waals surface area contributed by atoms with Crippen LogP contribution in [-0.2, 0) is 13.5 Å². The lowest BCUT2D eigenvalue weighted by Gasteiger charge is -2.10. The second-order valence-corrected chi connectivity index (χ2v) is 8.85. The molecule has 1 unspecified atom stereocenters. The van der Waals surface area contributed by atoms with E-state index in [4.69, 9.17) is 4.74 Å². The van der Waals surface area contributed by atoms with Crippen molar-refractivity contribution in [3.8, 4) is 17.3 Å². The highest BCUT2D eigenvalue weighted by molar-refractivity contribution is 5.98. The second-order valence-electron chi connectivity index (χ2n) is 8.85. The molecule has 0 saturated heterocycles. The number of nitrogens with zero attached hydrogens (tertiary/aromatic N) is 5. The van der Waals surface area contributed by atoms with Gasteiger partial charge in [-0.25, -0.2) is 18.0 Å². The van der Waals surface area contributed by atoms with Crippen LogP contribution in [0.1, 0.15) is 40.2 Å². The minimum Gasteiger partial charge on any atom is -0.434 e. The predicted molar refractivity (Wildman–Crippen MR) is 134 cm³/mol. The van der Waals surface area contributed by atoms with E-state index in [9.17, 15) is 19.1 Å². The molecule has 0 aliphatic rings. The van der Waals surface area contributed by atoms with Crippen molar-refractivity contribution in [3.05, 3.63) is 105 Å². The first kappa shape index (κ1) is 25.0. The molecule has 0 aliphatic heterocycles. The molecule has 5 rings (SSSR count). The van der Waals surface area contributed by atoms with Gasteiger partial charge in [0, 0.05) is 30.9 Å². The van der Waals surface area contributed by atoms with Gasteiger partial charge in [-0.15, -0.1) is 0 Å². The van der Waals surface area contributed by atoms with Crippen LogP contribution in [0.15, 0.2) is 65.8 Å². The van der Waals surface area contributed by atoms with Gasteiger partial charge < -0.3 is 9.84 Å². The van der Waals surface area contributed by atoms with E-state index >= 15 is 4.39 Å². The predicted octanol–water partition coefficient (Wildman–Crippen LogP) is 4.08. The van der Waals surface area contributed by atoms with Crippen LogP contribution in [-0.4, -0.2) is 34.9 Å². The van der Waals surface area contributed by atoms with E-state index in [2.05, 4.69) is 10.1 Å². The normalized spacial score (nSPS) is 12.2. The highest BCUT2D eigenvalue weighted by Gasteiger charge is 2.23. The molecule has 0 amide bonds. The molecule has 38 heavy (non-hydrogen) atoms. The van der Waals surface area contributed by atoms with Gasteiger partial charge >= 0.3 is 0 Å². The molecule has 2 aromatic carbocycles. The molecule has 0 fully saturated rings. The highest BCUT2D eigenvalue weighted by Crippen LogP contribution is 2.31. The first-order valence-electron chi connectivity index (χ1n) is 11.7. The van der Waals surface area contributed by atoms with Crippen LogP contribution in [0.25, 0.3) is 11.2 Å². The largest absolute Gasteiger partial charge is 0.434 e. The topological polar surface area (TPSA) is 104 Å². The first-order valence-corrected chi connectivity index (χ1v) is 11.7. The van der Waals surface area contributed by atoms with Crippen LogP contribution < -0.4 is 10.3 Å². The van der Waals surface area contributed by atoms with Crippen molar-refractivity contribution in [2.75, 3.05) is 0 Å². The number of ether oxygens (including phenoxy) is 1. The van der Waals surface area contributed by atoms with Crippen LogP contribution in [0.4, 0.5) is 8.78 Å². The lowest BCUT2D eigenvalue weighted by atomic mass is 10.0. The Kier molecular flexibility index (Phi) is 6.37. The number of hydrogen-bond acceptors (Lipinski definition) is 6. The molecule has 0 aliphatic carbocycles. The van der Waals surface area contributed by atoms with Gasteiger partial charge in [-0.1, -0.05) is 6.07 Å². The zero-order chi connectivity index (χ0) is 27.1. The Hall–Kier alpha value is -4.64. The lowest BCUT2D eigenvalue weighted by Crippen LogP contribution is -2.23. The number of fused-ring (bicyclic) bond motifs is 1. The zero-order valence-electron chi connectivity index (χ0n) is 20.7. The Morgan fingerprint density at radius 2 is 1.87 bits per heavy atom. The van der Waals surface area contributed by atoms with Crippen molar-refractivity contribution in [2.45, 2.75) is 26.4 Å². The van der Waals surface area contributed by atoms with Gasteiger partial charge in [0.25, 0.3) is 5.56 Å². The fraction of sp³-hybridized carbons (Fsp3) is 0.185. The van der Waals surface area contributed by atoms with E-state index in [1.165, 1.54) is 56.6 Å². The second kappa shape index (κ2) is 9.67. The number of hydrogen-bond donors (Lipinski definition) is 1. The minimum atomic E-state index is -0.819. The number of aliphatic hydroxyl groups excluding tert-OH is 1. The first-order chi connectivity index (χ1) is 18.2. The average Bonchev–Trinajstić information content (AvgIpc) is 3.41. The van der Waals surface area contributed by atoms with Crippen molar-refractivity contribution in [1.29, 1.82) is 0 Å². The molecule has 11 heteroatoms. The number of benzene rings is 2. The van der Waals surface area contributed by atoms with Gasteiger partial charge in [-0.2, -0.15) is 10.1 Å². The summed E-state index contributed by atoms with van der Waals surface area (Å²) in [5.41, 5.74) is 1.53. The summed E-state index contributed by atoms with van der Waals surface area (Å²) in [7, 11) is 1.63. The Balaban J connectivity index is 1.41. The standard InChI is InChI=1S/C27H23F2N5O4/c1-15-24(27(37)34(32(15)3)19-7-5-18(28)6-8-19)22(36)13-17-4-9-23(21(29)12-17)38-26-25-20(16(2)35)10-11-33(25)31-14-30-26/h4-12,14,16,35H,13H2,1-3H3. The summed E-state index contributed by atoms with van der Waals surface area (Å²) in [5, 5.41) is 14.1. The molecular weight excluding hydrogens is 496 g/mol. The summed E-state index contributed by atoms with van der Waals surface area (Å²) < 4.78 is 38.3. The van der Waals surface area contributed by atoms with E-state index in [1.807, 2.05) is 0 Å². The molecule has 0 spiro atoms. The summed E-state index contributed by atoms with van der Waals surface area (Å²) in [6.07, 6.45) is 1.84. The fourth-order valence-electron chi connectivity index (χ4n) is 4.38. The number of Topliss-reactive ketones (excluding diaryl/α,β-unsaturated/α-hetero) is 1. The van der Waals surface area contributed by atoms with Crippen LogP contribution in [0.2, 0.25) is 0 Å². The van der Waals surface area contributed by atoms with Gasteiger partial charge in [0.1, 0.15) is 23.2 Å². The fourth-order valence-corrected chi connectivity index (χ4v) is 4.38. The third-order valence-corrected chi connectivity index (χ3v) is 6.37. The Bertz CT molecular complexity index is 1740. The highest BCUT2D eigenvalue weighted by atomic mass is 19.1. The minimum absolute atomic E-state index is 0.0279. The van der Waals surface area contributed by atoms with Crippen molar-refractivity contribution >= 4 is 11.3 Å². The molecule has 3 aromatic heterocycles. The van der Waals surface area contributed by atoms with Gasteiger partial charge in [-0.05, 0) is 61.9 Å². The summed E-state index contributed by atoms with van der Waals surface area (Å²) in [6, 6.07) is 11.1. The number of rotatable bonds is 7. The van der Waals surface area contributed by atoms with Gasteiger partial charge in [0.05, 0.1) is 11.8 Å². The maximum Gasteiger partial charge on any atom is 0.282 e. The third-order valence-electron chi connectivity index (χ3n) is 6.37. The Morgan fingerprint density at radius 3 is 2.55 bits per heavy atom. The van der Waals surface area contributed by atoms with Crippen molar-refractivity contribution in [3.63, 3.8) is 0 Å². The van der Waals surface area contributed by atoms with E-state index < -0.39 is 29.1 Å². The number of halogens is 2. The smallest absolute Gasteiger partial charge is 0.282 e. The summed E-state index contributed by atoms with van der Waals surface area (Å²) in [5.74, 6) is -1.73. The summed E-state index contributed by atoms with van der Waals surface area (Å²) in [6.45, 7) is 3.22. The Morgan fingerprint density at radius 1 is 1.13 bits per heavy atom. The lowest BCUT2D eigenvalue weighted by molar-refractivity contribution is 0.0991. The number of carbonyl (C=O) groups is 1. The van der Waals surface area contributed by atoms with Crippen molar-refractivity contribution < 1.29 is 23.4 Å². The molecule has 0 radical (unpaired) electrons. The molecular formula is C27H23F2N5O4. The molecule has 194 valence electrons. The molecule has 1 atom stereocenters. The maximum atomic E-state index is 15.0. The molecule has 5 aromatic rings. The van der Waals surface area contributed by atoms with E-state index in [-0.39, 0.29) is 23.6 Å². The number of carbonyl (C=O) groups excluding carboxylic acids is 1. The van der Waals surface area contributed by atoms with Gasteiger partial charge in [0.2, 0.25) is 5.88 Å². The Labute approximate surface area is 215 Å². The average molecular weight is 520 g/mol. The monoisotopic (exact) mass is 519 g/mol. The van der Waals surface area contributed by atoms with E-state index in [0.29, 0.717) is 28.0 Å². The maximum absolute atomic E-state index is 15.0. The molecule has 3 heterocycles. The molecule has 1 N–H and O–H groups in total. The van der Waals surface area contributed by atoms with Crippen LogP contribution in [0.5, 0.6) is 11.6 Å². The van der Waals surface area contributed by atoms with Crippen molar-refractivity contribution in [2.24, 2.45) is 7.05 Å². The summed E-state index contributed by atoms with van der Waals surface area (Å²) in [4.78, 5) is 30.3. The quantitative estimate of drug-likeness (QED) is 0.325. The van der Waals surface area contributed by atoms with Gasteiger partial charge in [0.15, 0.2) is 17.3 Å². The van der Waals surface area contributed by atoms with E-state index in [0.717, 1.165) is 6.07 Å². The van der Waals surface area contributed by atoms with Crippen LogP contribution >= 0.6 is 0 Å².